The third-order valence-electron chi connectivity index (χ3n) is 1.35. The second-order valence-corrected chi connectivity index (χ2v) is 4.11. The zero-order chi connectivity index (χ0) is 10.0. The van der Waals surface area contributed by atoms with E-state index in [1.165, 1.54) is 11.8 Å². The van der Waals surface area contributed by atoms with Crippen molar-refractivity contribution in [1.29, 1.82) is 0 Å². The Hall–Kier alpha value is -0.880. The summed E-state index contributed by atoms with van der Waals surface area (Å²) in [7, 11) is 0. The van der Waals surface area contributed by atoms with Crippen molar-refractivity contribution in [3.63, 3.8) is 0 Å². The van der Waals surface area contributed by atoms with Gasteiger partial charge in [0.05, 0.1) is 5.75 Å². The molecular formula is C7H8N2O2S2. The van der Waals surface area contributed by atoms with E-state index in [9.17, 15) is 9.59 Å². The minimum Gasteiger partial charge on any atom is -0.272 e. The highest BCUT2D eigenvalue weighted by Gasteiger charge is 2.28. The smallest absolute Gasteiger partial charge is 0.265 e. The Labute approximate surface area is 85.3 Å². The molecule has 70 valence electrons. The summed E-state index contributed by atoms with van der Waals surface area (Å²) in [5.74, 6) is -0.308. The second-order valence-electron chi connectivity index (χ2n) is 2.50. The van der Waals surface area contributed by atoms with Crippen LogP contribution < -0.4 is 5.43 Å². The van der Waals surface area contributed by atoms with Gasteiger partial charge in [0, 0.05) is 5.57 Å². The van der Waals surface area contributed by atoms with Crippen LogP contribution in [0.25, 0.3) is 0 Å². The molecule has 1 aliphatic heterocycles. The van der Waals surface area contributed by atoms with E-state index < -0.39 is 5.91 Å². The molecule has 1 heterocycles. The highest BCUT2D eigenvalue weighted by Crippen LogP contribution is 2.16. The maximum Gasteiger partial charge on any atom is 0.265 e. The number of hydrogen-bond donors (Lipinski definition) is 1. The fourth-order valence-electron chi connectivity index (χ4n) is 0.659. The molecule has 0 aromatic carbocycles. The molecule has 2 amide bonds. The van der Waals surface area contributed by atoms with Gasteiger partial charge in [-0.25, -0.2) is 5.01 Å². The average molecular weight is 216 g/mol. The maximum atomic E-state index is 11.1. The average Bonchev–Trinajstić information content (AvgIpc) is 2.35. The number of thiocarbonyl (C=S) groups is 1. The molecule has 1 aliphatic rings. The summed E-state index contributed by atoms with van der Waals surface area (Å²) in [6.07, 6.45) is 0. The van der Waals surface area contributed by atoms with Gasteiger partial charge in [0.25, 0.3) is 11.8 Å². The lowest BCUT2D eigenvalue weighted by Crippen LogP contribution is -2.45. The van der Waals surface area contributed by atoms with Crippen LogP contribution in [0.15, 0.2) is 12.2 Å². The lowest BCUT2D eigenvalue weighted by atomic mass is 10.3. The topological polar surface area (TPSA) is 49.4 Å². The molecule has 1 N–H and O–H groups in total. The fourth-order valence-corrected chi connectivity index (χ4v) is 1.64. The molecule has 0 bridgehead atoms. The van der Waals surface area contributed by atoms with Crippen LogP contribution in [0.4, 0.5) is 0 Å². The van der Waals surface area contributed by atoms with E-state index in [1.54, 1.807) is 6.92 Å². The van der Waals surface area contributed by atoms with E-state index in [2.05, 4.69) is 12.0 Å². The molecule has 0 atom stereocenters. The monoisotopic (exact) mass is 216 g/mol. The summed E-state index contributed by atoms with van der Waals surface area (Å²) in [6.45, 7) is 5.01. The standard InChI is InChI=1S/C7H8N2O2S2/c1-4(2)6(11)8-9-5(10)3-13-7(9)12/h1,3H2,2H3,(H,8,11). The van der Waals surface area contributed by atoms with Crippen molar-refractivity contribution < 1.29 is 9.59 Å². The summed E-state index contributed by atoms with van der Waals surface area (Å²) >= 11 is 6.08. The molecule has 1 fully saturated rings. The number of thioether (sulfide) groups is 1. The molecule has 4 nitrogen and oxygen atoms in total. The molecule has 0 aromatic heterocycles. The van der Waals surface area contributed by atoms with Crippen molar-refractivity contribution in [3.05, 3.63) is 12.2 Å². The lowest BCUT2D eigenvalue weighted by Gasteiger charge is -2.15. The van der Waals surface area contributed by atoms with Crippen molar-refractivity contribution in [2.45, 2.75) is 6.92 Å². The Kier molecular flexibility index (Phi) is 3.05. The SMILES string of the molecule is C=C(C)C(=O)NN1C(=O)CSC1=S. The Balaban J connectivity index is 2.63. The predicted molar refractivity (Wildman–Crippen MR) is 54.9 cm³/mol. The summed E-state index contributed by atoms with van der Waals surface area (Å²) < 4.78 is 0.375. The quantitative estimate of drug-likeness (QED) is 0.538. The van der Waals surface area contributed by atoms with E-state index in [4.69, 9.17) is 12.2 Å². The summed E-state index contributed by atoms with van der Waals surface area (Å²) in [6, 6.07) is 0. The first-order valence-electron chi connectivity index (χ1n) is 3.48. The van der Waals surface area contributed by atoms with Crippen molar-refractivity contribution in [1.82, 2.24) is 10.4 Å². The molecule has 6 heteroatoms. The van der Waals surface area contributed by atoms with Crippen LogP contribution >= 0.6 is 24.0 Å². The molecule has 0 aliphatic carbocycles. The largest absolute Gasteiger partial charge is 0.272 e. The minimum absolute atomic E-state index is 0.204. The van der Waals surface area contributed by atoms with Crippen LogP contribution in [0.2, 0.25) is 0 Å². The number of nitrogens with zero attached hydrogens (tertiary/aromatic N) is 1. The summed E-state index contributed by atoms with van der Waals surface area (Å²) in [4.78, 5) is 22.2. The molecule has 0 spiro atoms. The van der Waals surface area contributed by atoms with Gasteiger partial charge in [-0.15, -0.1) is 0 Å². The molecule has 0 unspecified atom stereocenters. The maximum absolute atomic E-state index is 11.1. The lowest BCUT2D eigenvalue weighted by molar-refractivity contribution is -0.132. The third-order valence-corrected chi connectivity index (χ3v) is 2.71. The van der Waals surface area contributed by atoms with Gasteiger partial charge >= 0.3 is 0 Å². The van der Waals surface area contributed by atoms with Gasteiger partial charge in [-0.3, -0.25) is 15.0 Å². The first kappa shape index (κ1) is 10.2. The Morgan fingerprint density at radius 1 is 1.77 bits per heavy atom. The van der Waals surface area contributed by atoms with Gasteiger partial charge in [0.15, 0.2) is 4.32 Å². The van der Waals surface area contributed by atoms with E-state index in [-0.39, 0.29) is 11.7 Å². The van der Waals surface area contributed by atoms with E-state index in [0.717, 1.165) is 5.01 Å². The van der Waals surface area contributed by atoms with Crippen molar-refractivity contribution in [2.24, 2.45) is 0 Å². The van der Waals surface area contributed by atoms with Gasteiger partial charge in [-0.05, 0) is 6.92 Å². The summed E-state index contributed by atoms with van der Waals surface area (Å²) in [5.41, 5.74) is 2.70. The molecule has 0 radical (unpaired) electrons. The number of nitrogens with one attached hydrogen (secondary N) is 1. The molecule has 0 saturated carbocycles. The predicted octanol–water partition coefficient (Wildman–Crippen LogP) is 0.454. The van der Waals surface area contributed by atoms with Crippen LogP contribution in [0, 0.1) is 0 Å². The van der Waals surface area contributed by atoms with Gasteiger partial charge in [-0.1, -0.05) is 30.6 Å². The van der Waals surface area contributed by atoms with Crippen LogP contribution in [0.3, 0.4) is 0 Å². The van der Waals surface area contributed by atoms with Crippen LogP contribution in [0.1, 0.15) is 6.92 Å². The van der Waals surface area contributed by atoms with Crippen molar-refractivity contribution >= 4 is 40.1 Å². The van der Waals surface area contributed by atoms with Gasteiger partial charge in [0.2, 0.25) is 0 Å². The first-order valence-corrected chi connectivity index (χ1v) is 4.88. The van der Waals surface area contributed by atoms with Gasteiger partial charge in [-0.2, -0.15) is 0 Å². The number of hydrogen-bond acceptors (Lipinski definition) is 4. The number of amides is 2. The van der Waals surface area contributed by atoms with E-state index in [0.29, 0.717) is 9.89 Å². The van der Waals surface area contributed by atoms with Gasteiger partial charge in [0.1, 0.15) is 0 Å². The van der Waals surface area contributed by atoms with Crippen molar-refractivity contribution in [2.75, 3.05) is 5.75 Å². The number of hydrazine groups is 1. The van der Waals surface area contributed by atoms with Gasteiger partial charge < -0.3 is 0 Å². The van der Waals surface area contributed by atoms with Crippen LogP contribution in [0.5, 0.6) is 0 Å². The molecule has 1 saturated heterocycles. The first-order chi connectivity index (χ1) is 6.02. The molecule has 13 heavy (non-hydrogen) atoms. The Bertz CT molecular complexity index is 285. The zero-order valence-corrected chi connectivity index (χ0v) is 8.63. The Morgan fingerprint density at radius 2 is 2.38 bits per heavy atom. The van der Waals surface area contributed by atoms with Crippen LogP contribution in [-0.4, -0.2) is 26.9 Å². The third kappa shape index (κ3) is 2.28. The molecular weight excluding hydrogens is 208 g/mol. The summed E-state index contributed by atoms with van der Waals surface area (Å²) in [5, 5.41) is 1.08. The second kappa shape index (κ2) is 3.89. The highest BCUT2D eigenvalue weighted by molar-refractivity contribution is 8.23. The number of rotatable bonds is 2. The zero-order valence-electron chi connectivity index (χ0n) is 6.99. The van der Waals surface area contributed by atoms with E-state index in [1.807, 2.05) is 0 Å². The molecule has 0 aromatic rings. The number of carbonyl (C=O) groups excluding carboxylic acids is 2. The van der Waals surface area contributed by atoms with E-state index >= 15 is 0 Å². The minimum atomic E-state index is -0.391. The normalized spacial score (nSPS) is 16.2. The van der Waals surface area contributed by atoms with Crippen LogP contribution in [-0.2, 0) is 9.59 Å². The molecule has 1 rings (SSSR count). The Morgan fingerprint density at radius 3 is 2.77 bits per heavy atom. The highest BCUT2D eigenvalue weighted by atomic mass is 32.2. The number of carbonyl (C=O) groups is 2. The fraction of sp³-hybridized carbons (Fsp3) is 0.286. The van der Waals surface area contributed by atoms with Crippen molar-refractivity contribution in [3.8, 4) is 0 Å².